The van der Waals surface area contributed by atoms with E-state index in [1.54, 1.807) is 0 Å². The fourth-order valence-electron chi connectivity index (χ4n) is 9.91. The molecule has 0 atom stereocenters. The second kappa shape index (κ2) is 16.2. The number of hydrogen-bond acceptors (Lipinski definition) is 2. The van der Waals surface area contributed by atoms with Gasteiger partial charge in [0.05, 0.1) is 11.4 Å². The van der Waals surface area contributed by atoms with E-state index in [1.165, 1.54) is 88.6 Å². The summed E-state index contributed by atoms with van der Waals surface area (Å²) in [6.45, 7) is 9.15. The van der Waals surface area contributed by atoms with Gasteiger partial charge in [0.1, 0.15) is 0 Å². The first-order valence-electron chi connectivity index (χ1n) is 22.6. The Labute approximate surface area is 377 Å². The monoisotopic (exact) mass is 822 g/mol. The molecule has 64 heavy (non-hydrogen) atoms. The van der Waals surface area contributed by atoms with Gasteiger partial charge in [-0.25, -0.2) is 0 Å². The molecule has 0 bridgehead atoms. The topological polar surface area (TPSA) is 6.48 Å². The molecule has 1 aliphatic carbocycles. The molecule has 0 saturated heterocycles. The summed E-state index contributed by atoms with van der Waals surface area (Å²) in [5, 5.41) is 4.95. The average Bonchev–Trinajstić information content (AvgIpc) is 3.34. The van der Waals surface area contributed by atoms with Crippen molar-refractivity contribution in [2.75, 3.05) is 9.80 Å². The number of hydrogen-bond donors (Lipinski definition) is 0. The molecule has 0 aliphatic heterocycles. The summed E-state index contributed by atoms with van der Waals surface area (Å²) in [6.07, 6.45) is 0. The van der Waals surface area contributed by atoms with Crippen LogP contribution < -0.4 is 9.80 Å². The molecule has 0 amide bonds. The molecule has 10 aromatic carbocycles. The third-order valence-corrected chi connectivity index (χ3v) is 13.1. The van der Waals surface area contributed by atoms with E-state index in [-0.39, 0.29) is 0 Å². The lowest BCUT2D eigenvalue weighted by molar-refractivity contribution is 0.864. The molecule has 0 fully saturated rings. The van der Waals surface area contributed by atoms with Gasteiger partial charge < -0.3 is 9.80 Å². The second-order valence-corrected chi connectivity index (χ2v) is 17.7. The average molecular weight is 823 g/mol. The van der Waals surface area contributed by atoms with Crippen molar-refractivity contribution in [3.63, 3.8) is 0 Å². The van der Waals surface area contributed by atoms with Gasteiger partial charge in [0.2, 0.25) is 0 Å². The standard InChI is InChI=1S/C62H50N2/c1-41(2)51-23-11-15-27-59(51)63(61-29-17-13-25-53(61)43-19-7-5-8-20-43)49-33-31-45-37-55-57(39-47(45)35-49)56-38-46-32-34-50(36-48(46)40-58(55)56)64(60-28-16-12-24-52(60)42(3)4)62-30-18-14-26-54(62)44-21-9-6-10-22-44/h5-42H,1-4H3. The van der Waals surface area contributed by atoms with Crippen LogP contribution in [-0.4, -0.2) is 0 Å². The van der Waals surface area contributed by atoms with E-state index in [2.05, 4.69) is 256 Å². The summed E-state index contributed by atoms with van der Waals surface area (Å²) in [5.41, 5.74) is 19.7. The highest BCUT2D eigenvalue weighted by atomic mass is 15.2. The molecular weight excluding hydrogens is 773 g/mol. The first-order valence-corrected chi connectivity index (χ1v) is 22.6. The highest BCUT2D eigenvalue weighted by Gasteiger charge is 2.27. The van der Waals surface area contributed by atoms with Gasteiger partial charge in [-0.1, -0.05) is 173 Å². The number of nitrogens with zero attached hydrogens (tertiary/aromatic N) is 2. The summed E-state index contributed by atoms with van der Waals surface area (Å²) in [6, 6.07) is 80.5. The number of para-hydroxylation sites is 4. The van der Waals surface area contributed by atoms with E-state index in [9.17, 15) is 0 Å². The highest BCUT2D eigenvalue weighted by Crippen LogP contribution is 2.52. The molecule has 0 radical (unpaired) electrons. The van der Waals surface area contributed by atoms with Gasteiger partial charge in [-0.2, -0.15) is 0 Å². The zero-order chi connectivity index (χ0) is 43.3. The normalized spacial score (nSPS) is 11.7. The maximum Gasteiger partial charge on any atom is 0.0540 e. The van der Waals surface area contributed by atoms with Gasteiger partial charge in [0, 0.05) is 33.9 Å². The van der Waals surface area contributed by atoms with Gasteiger partial charge in [0.15, 0.2) is 0 Å². The lowest BCUT2D eigenvalue weighted by Crippen LogP contribution is -2.14. The fourth-order valence-corrected chi connectivity index (χ4v) is 9.91. The summed E-state index contributed by atoms with van der Waals surface area (Å²) >= 11 is 0. The van der Waals surface area contributed by atoms with E-state index in [1.807, 2.05) is 0 Å². The summed E-state index contributed by atoms with van der Waals surface area (Å²) in [4.78, 5) is 4.94. The van der Waals surface area contributed by atoms with E-state index < -0.39 is 0 Å². The van der Waals surface area contributed by atoms with Crippen LogP contribution in [0.4, 0.5) is 34.1 Å². The molecule has 0 aromatic heterocycles. The maximum atomic E-state index is 2.47. The molecule has 0 N–H and O–H groups in total. The minimum Gasteiger partial charge on any atom is -0.310 e. The van der Waals surface area contributed by atoms with Crippen molar-refractivity contribution in [1.82, 2.24) is 0 Å². The molecule has 2 heteroatoms. The first-order chi connectivity index (χ1) is 31.4. The smallest absolute Gasteiger partial charge is 0.0540 e. The van der Waals surface area contributed by atoms with Crippen LogP contribution in [-0.2, 0) is 0 Å². The predicted octanol–water partition coefficient (Wildman–Crippen LogP) is 18.2. The van der Waals surface area contributed by atoms with E-state index in [4.69, 9.17) is 0 Å². The Morgan fingerprint density at radius 3 is 0.984 bits per heavy atom. The molecule has 0 saturated carbocycles. The molecule has 2 nitrogen and oxygen atoms in total. The predicted molar refractivity (Wildman–Crippen MR) is 274 cm³/mol. The Morgan fingerprint density at radius 1 is 0.266 bits per heavy atom. The lowest BCUT2D eigenvalue weighted by Gasteiger charge is -2.31. The first kappa shape index (κ1) is 39.2. The lowest BCUT2D eigenvalue weighted by atomic mass is 9.78. The van der Waals surface area contributed by atoms with Crippen LogP contribution >= 0.6 is 0 Å². The quantitative estimate of drug-likeness (QED) is 0.136. The maximum absolute atomic E-state index is 2.47. The van der Waals surface area contributed by atoms with Crippen LogP contribution in [0.15, 0.2) is 218 Å². The van der Waals surface area contributed by atoms with Crippen LogP contribution in [0.1, 0.15) is 50.7 Å². The van der Waals surface area contributed by atoms with Gasteiger partial charge in [-0.05, 0) is 151 Å². The molecule has 0 heterocycles. The van der Waals surface area contributed by atoms with Gasteiger partial charge in [0.25, 0.3) is 0 Å². The van der Waals surface area contributed by atoms with Crippen LogP contribution in [0, 0.1) is 0 Å². The van der Waals surface area contributed by atoms with E-state index in [0.717, 1.165) is 22.7 Å². The largest absolute Gasteiger partial charge is 0.310 e. The van der Waals surface area contributed by atoms with Crippen molar-refractivity contribution in [2.24, 2.45) is 0 Å². The van der Waals surface area contributed by atoms with Crippen molar-refractivity contribution in [1.29, 1.82) is 0 Å². The van der Waals surface area contributed by atoms with Crippen LogP contribution in [0.3, 0.4) is 0 Å². The minimum atomic E-state index is 0.356. The molecule has 1 aliphatic rings. The fraction of sp³-hybridized carbons (Fsp3) is 0.0968. The Kier molecular flexibility index (Phi) is 9.93. The molecule has 11 rings (SSSR count). The number of benzene rings is 10. The Bertz CT molecular complexity index is 3100. The zero-order valence-electron chi connectivity index (χ0n) is 36.8. The second-order valence-electron chi connectivity index (χ2n) is 17.7. The minimum absolute atomic E-state index is 0.356. The van der Waals surface area contributed by atoms with Crippen molar-refractivity contribution in [3.8, 4) is 44.5 Å². The summed E-state index contributed by atoms with van der Waals surface area (Å²) in [5.74, 6) is 0.712. The van der Waals surface area contributed by atoms with Gasteiger partial charge in [-0.15, -0.1) is 0 Å². The molecule has 0 spiro atoms. The summed E-state index contributed by atoms with van der Waals surface area (Å²) < 4.78 is 0. The van der Waals surface area contributed by atoms with Crippen molar-refractivity contribution < 1.29 is 0 Å². The number of rotatable bonds is 10. The Hall–Kier alpha value is -7.68. The molecule has 10 aromatic rings. The van der Waals surface area contributed by atoms with Crippen LogP contribution in [0.2, 0.25) is 0 Å². The van der Waals surface area contributed by atoms with Crippen molar-refractivity contribution in [2.45, 2.75) is 39.5 Å². The van der Waals surface area contributed by atoms with E-state index in [0.29, 0.717) is 11.8 Å². The molecule has 308 valence electrons. The third kappa shape index (κ3) is 6.83. The number of anilines is 6. The third-order valence-electron chi connectivity index (χ3n) is 13.1. The van der Waals surface area contributed by atoms with Crippen molar-refractivity contribution in [3.05, 3.63) is 230 Å². The highest BCUT2D eigenvalue weighted by molar-refractivity contribution is 6.13. The molecule has 0 unspecified atom stereocenters. The Balaban J connectivity index is 1.02. The summed E-state index contributed by atoms with van der Waals surface area (Å²) in [7, 11) is 0. The SMILES string of the molecule is CC(C)c1ccccc1N(c1ccc2cc3c(cc2c1)-c1cc2ccc(N(c4ccccc4-c4ccccc4)c4ccccc4C(C)C)cc2cc1-3)c1ccccc1-c1ccccc1. The van der Waals surface area contributed by atoms with Gasteiger partial charge in [-0.3, -0.25) is 0 Å². The zero-order valence-corrected chi connectivity index (χ0v) is 36.8. The van der Waals surface area contributed by atoms with Crippen molar-refractivity contribution >= 4 is 55.7 Å². The Morgan fingerprint density at radius 2 is 0.594 bits per heavy atom. The molecular formula is C62H50N2. The van der Waals surface area contributed by atoms with E-state index >= 15 is 0 Å². The van der Waals surface area contributed by atoms with Crippen LogP contribution in [0.25, 0.3) is 66.1 Å². The van der Waals surface area contributed by atoms with Gasteiger partial charge >= 0.3 is 0 Å². The number of fused-ring (bicyclic) bond motifs is 6. The van der Waals surface area contributed by atoms with Crippen LogP contribution in [0.5, 0.6) is 0 Å².